The molecular formula is C22H19N3O4. The molecule has 3 heterocycles. The van der Waals surface area contributed by atoms with Crippen molar-refractivity contribution >= 4 is 23.9 Å². The molecule has 4 amide bonds. The molecule has 0 spiro atoms. The second-order valence-corrected chi connectivity index (χ2v) is 6.81. The third-order valence-electron chi connectivity index (χ3n) is 4.99. The van der Waals surface area contributed by atoms with E-state index in [1.165, 1.54) is 12.3 Å². The number of carbonyl (C=O) groups is 3. The zero-order valence-electron chi connectivity index (χ0n) is 16.0. The van der Waals surface area contributed by atoms with Crippen LogP contribution in [0.25, 0.3) is 11.8 Å². The molecule has 2 aromatic heterocycles. The number of rotatable bonds is 4. The molecule has 3 aromatic rings. The molecule has 4 rings (SSSR count). The number of barbiturate groups is 1. The number of nitrogens with one attached hydrogen (secondary N) is 1. The van der Waals surface area contributed by atoms with Crippen molar-refractivity contribution < 1.29 is 18.8 Å². The van der Waals surface area contributed by atoms with Crippen molar-refractivity contribution in [3.63, 3.8) is 0 Å². The molecule has 0 aliphatic carbocycles. The molecule has 29 heavy (non-hydrogen) atoms. The molecule has 1 fully saturated rings. The predicted octanol–water partition coefficient (Wildman–Crippen LogP) is 3.35. The highest BCUT2D eigenvalue weighted by atomic mass is 16.3. The van der Waals surface area contributed by atoms with Crippen molar-refractivity contribution in [2.45, 2.75) is 20.4 Å². The van der Waals surface area contributed by atoms with Crippen LogP contribution >= 0.6 is 0 Å². The summed E-state index contributed by atoms with van der Waals surface area (Å²) in [5.41, 5.74) is 3.73. The largest absolute Gasteiger partial charge is 0.467 e. The average molecular weight is 389 g/mol. The molecule has 146 valence electrons. The van der Waals surface area contributed by atoms with Gasteiger partial charge in [-0.1, -0.05) is 12.1 Å². The zero-order valence-corrected chi connectivity index (χ0v) is 16.0. The van der Waals surface area contributed by atoms with Gasteiger partial charge in [0.1, 0.15) is 11.3 Å². The lowest BCUT2D eigenvalue weighted by molar-refractivity contribution is -0.130. The Hall–Kier alpha value is -3.87. The molecule has 1 N–H and O–H groups in total. The van der Waals surface area contributed by atoms with Gasteiger partial charge >= 0.3 is 6.03 Å². The number of amides is 4. The SMILES string of the molecule is Cc1cccc(-n2cccc2C=C2C(=O)NC(=O)N(Cc3ccco3)C2=O)c1C. The summed E-state index contributed by atoms with van der Waals surface area (Å²) in [7, 11) is 0. The fourth-order valence-corrected chi connectivity index (χ4v) is 3.27. The third-order valence-corrected chi connectivity index (χ3v) is 4.99. The van der Waals surface area contributed by atoms with Crippen LogP contribution in [-0.4, -0.2) is 27.3 Å². The van der Waals surface area contributed by atoms with Gasteiger partial charge in [0.25, 0.3) is 11.8 Å². The standard InChI is InChI=1S/C22H19N3O4/c1-14-6-3-9-19(15(14)2)24-10-4-7-16(24)12-18-20(26)23-22(28)25(21(18)27)13-17-8-5-11-29-17/h3-12H,13H2,1-2H3,(H,23,26,28). The Morgan fingerprint density at radius 3 is 2.62 bits per heavy atom. The van der Waals surface area contributed by atoms with E-state index in [1.807, 2.05) is 54.9 Å². The summed E-state index contributed by atoms with van der Waals surface area (Å²) >= 11 is 0. The van der Waals surface area contributed by atoms with E-state index < -0.39 is 17.8 Å². The smallest absolute Gasteiger partial charge is 0.331 e. The van der Waals surface area contributed by atoms with Gasteiger partial charge in [-0.15, -0.1) is 0 Å². The first-order valence-electron chi connectivity index (χ1n) is 9.11. The third kappa shape index (κ3) is 3.38. The van der Waals surface area contributed by atoms with Crippen LogP contribution in [-0.2, 0) is 16.1 Å². The highest BCUT2D eigenvalue weighted by molar-refractivity contribution is 6.30. The minimum Gasteiger partial charge on any atom is -0.467 e. The van der Waals surface area contributed by atoms with Gasteiger partial charge < -0.3 is 8.98 Å². The van der Waals surface area contributed by atoms with E-state index >= 15 is 0 Å². The maximum Gasteiger partial charge on any atom is 0.331 e. The predicted molar refractivity (Wildman–Crippen MR) is 106 cm³/mol. The number of hydrogen-bond acceptors (Lipinski definition) is 4. The van der Waals surface area contributed by atoms with Gasteiger partial charge in [-0.2, -0.15) is 0 Å². The number of benzene rings is 1. The van der Waals surface area contributed by atoms with Crippen LogP contribution < -0.4 is 5.32 Å². The maximum atomic E-state index is 12.9. The number of aryl methyl sites for hydroxylation is 1. The number of urea groups is 1. The van der Waals surface area contributed by atoms with Crippen molar-refractivity contribution in [2.75, 3.05) is 0 Å². The molecule has 7 nitrogen and oxygen atoms in total. The van der Waals surface area contributed by atoms with Gasteiger partial charge in [0.15, 0.2) is 0 Å². The van der Waals surface area contributed by atoms with Gasteiger partial charge in [-0.3, -0.25) is 19.8 Å². The van der Waals surface area contributed by atoms with Crippen molar-refractivity contribution in [3.05, 3.63) is 83.1 Å². The highest BCUT2D eigenvalue weighted by Crippen LogP contribution is 2.23. The van der Waals surface area contributed by atoms with E-state index in [0.29, 0.717) is 11.5 Å². The van der Waals surface area contributed by atoms with Crippen molar-refractivity contribution in [1.82, 2.24) is 14.8 Å². The van der Waals surface area contributed by atoms with E-state index in [0.717, 1.165) is 21.7 Å². The molecule has 1 aliphatic rings. The van der Waals surface area contributed by atoms with Gasteiger partial charge in [0.05, 0.1) is 12.8 Å². The fourth-order valence-electron chi connectivity index (χ4n) is 3.27. The van der Waals surface area contributed by atoms with Gasteiger partial charge in [-0.05, 0) is 61.4 Å². The van der Waals surface area contributed by atoms with Gasteiger partial charge in [-0.25, -0.2) is 4.79 Å². The molecule has 7 heteroatoms. The summed E-state index contributed by atoms with van der Waals surface area (Å²) in [6.07, 6.45) is 4.83. The molecule has 1 aromatic carbocycles. The Kier molecular flexibility index (Phi) is 4.64. The molecule has 0 radical (unpaired) electrons. The Morgan fingerprint density at radius 2 is 1.86 bits per heavy atom. The summed E-state index contributed by atoms with van der Waals surface area (Å²) in [5, 5.41) is 2.22. The minimum absolute atomic E-state index is 0.0553. The molecule has 1 saturated heterocycles. The van der Waals surface area contributed by atoms with Crippen molar-refractivity contribution in [2.24, 2.45) is 0 Å². The average Bonchev–Trinajstić information content (AvgIpc) is 3.36. The molecule has 0 atom stereocenters. The van der Waals surface area contributed by atoms with E-state index in [-0.39, 0.29) is 12.1 Å². The molecule has 1 aliphatic heterocycles. The van der Waals surface area contributed by atoms with Crippen LogP contribution in [0.3, 0.4) is 0 Å². The number of hydrogen-bond donors (Lipinski definition) is 1. The van der Waals surface area contributed by atoms with E-state index in [9.17, 15) is 14.4 Å². The Labute approximate surface area is 167 Å². The van der Waals surface area contributed by atoms with Crippen LogP contribution in [0.5, 0.6) is 0 Å². The van der Waals surface area contributed by atoms with Crippen molar-refractivity contribution in [3.8, 4) is 5.69 Å². The molecule has 0 unspecified atom stereocenters. The summed E-state index contributed by atoms with van der Waals surface area (Å²) in [6.45, 7) is 3.99. The van der Waals surface area contributed by atoms with Crippen LogP contribution in [0.2, 0.25) is 0 Å². The fraction of sp³-hybridized carbons (Fsp3) is 0.136. The monoisotopic (exact) mass is 389 g/mol. The quantitative estimate of drug-likeness (QED) is 0.548. The first-order valence-corrected chi connectivity index (χ1v) is 9.11. The normalized spacial score (nSPS) is 15.9. The van der Waals surface area contributed by atoms with Gasteiger partial charge in [0, 0.05) is 17.6 Å². The summed E-state index contributed by atoms with van der Waals surface area (Å²) < 4.78 is 7.13. The topological polar surface area (TPSA) is 84.6 Å². The number of carbonyl (C=O) groups excluding carboxylic acids is 3. The lowest BCUT2D eigenvalue weighted by Gasteiger charge is -2.25. The number of aromatic nitrogens is 1. The molecule has 0 bridgehead atoms. The van der Waals surface area contributed by atoms with Crippen LogP contribution in [0.4, 0.5) is 4.79 Å². The summed E-state index contributed by atoms with van der Waals surface area (Å²) in [5.74, 6) is -0.936. The second kappa shape index (κ2) is 7.27. The Balaban J connectivity index is 1.72. The van der Waals surface area contributed by atoms with Gasteiger partial charge in [0.2, 0.25) is 0 Å². The summed E-state index contributed by atoms with van der Waals surface area (Å²) in [4.78, 5) is 38.4. The lowest BCUT2D eigenvalue weighted by atomic mass is 10.1. The van der Waals surface area contributed by atoms with Crippen LogP contribution in [0.15, 0.2) is 64.9 Å². The van der Waals surface area contributed by atoms with Crippen LogP contribution in [0, 0.1) is 13.8 Å². The number of furan rings is 1. The minimum atomic E-state index is -0.765. The first kappa shape index (κ1) is 18.5. The molecule has 0 saturated carbocycles. The zero-order chi connectivity index (χ0) is 20.5. The Morgan fingerprint density at radius 1 is 1.03 bits per heavy atom. The second-order valence-electron chi connectivity index (χ2n) is 6.81. The number of imide groups is 2. The van der Waals surface area contributed by atoms with E-state index in [4.69, 9.17) is 4.42 Å². The Bertz CT molecular complexity index is 1140. The van der Waals surface area contributed by atoms with E-state index in [2.05, 4.69) is 5.32 Å². The summed E-state index contributed by atoms with van der Waals surface area (Å²) in [6, 6.07) is 12.2. The van der Waals surface area contributed by atoms with Crippen LogP contribution in [0.1, 0.15) is 22.6 Å². The molecular weight excluding hydrogens is 370 g/mol. The first-order chi connectivity index (χ1) is 14.0. The highest BCUT2D eigenvalue weighted by Gasteiger charge is 2.36. The van der Waals surface area contributed by atoms with E-state index in [1.54, 1.807) is 12.1 Å². The lowest BCUT2D eigenvalue weighted by Crippen LogP contribution is -2.53. The number of nitrogens with zero attached hydrogens (tertiary/aromatic N) is 2. The maximum absolute atomic E-state index is 12.9. The van der Waals surface area contributed by atoms with Crippen molar-refractivity contribution in [1.29, 1.82) is 0 Å².